The van der Waals surface area contributed by atoms with Gasteiger partial charge in [-0.15, -0.1) is 11.6 Å². The van der Waals surface area contributed by atoms with Crippen molar-refractivity contribution in [2.75, 3.05) is 7.05 Å². The minimum Gasteiger partial charge on any atom is -0.412 e. The van der Waals surface area contributed by atoms with Crippen LogP contribution >= 0.6 is 11.6 Å². The Kier molecular flexibility index (Phi) is 3.71. The van der Waals surface area contributed by atoms with Gasteiger partial charge in [0.15, 0.2) is 8.32 Å². The molecule has 2 rings (SSSR count). The van der Waals surface area contributed by atoms with Gasteiger partial charge in [0.1, 0.15) is 10.8 Å². The Hall–Kier alpha value is 0.0969. The number of hydrogen-bond acceptors (Lipinski definition) is 3. The summed E-state index contributed by atoms with van der Waals surface area (Å²) in [5, 5.41) is 0.186. The van der Waals surface area contributed by atoms with Gasteiger partial charge in [-0.2, -0.15) is 0 Å². The summed E-state index contributed by atoms with van der Waals surface area (Å²) in [5.41, 5.74) is 0. The number of carbonyl (C=O) groups is 1. The molecular weight excluding hydrogens is 278 g/mol. The van der Waals surface area contributed by atoms with Gasteiger partial charge in [-0.1, -0.05) is 20.8 Å². The van der Waals surface area contributed by atoms with Crippen molar-refractivity contribution in [2.45, 2.75) is 75.3 Å². The van der Waals surface area contributed by atoms with E-state index in [4.69, 9.17) is 16.0 Å². The highest BCUT2D eigenvalue weighted by atomic mass is 35.5. The van der Waals surface area contributed by atoms with Crippen molar-refractivity contribution in [3.05, 3.63) is 0 Å². The molecule has 2 aliphatic rings. The SMILES string of the molecule is CN1[C@H]2CC(=O)C[C@]1(Cl)C[C@H]2O[Si](C)(C)C(C)(C)C. The molecule has 0 spiro atoms. The van der Waals surface area contributed by atoms with Crippen LogP contribution in [0.1, 0.15) is 40.0 Å². The number of halogens is 1. The van der Waals surface area contributed by atoms with E-state index in [1.54, 1.807) is 0 Å². The quantitative estimate of drug-likeness (QED) is 0.445. The van der Waals surface area contributed by atoms with Gasteiger partial charge in [-0.05, 0) is 25.2 Å². The van der Waals surface area contributed by atoms with Crippen LogP contribution < -0.4 is 0 Å². The zero-order valence-corrected chi connectivity index (χ0v) is 14.7. The maximum absolute atomic E-state index is 11.8. The lowest BCUT2D eigenvalue weighted by Crippen LogP contribution is -2.50. The first-order valence-corrected chi connectivity index (χ1v) is 10.4. The van der Waals surface area contributed by atoms with E-state index >= 15 is 0 Å². The number of ketones is 1. The lowest BCUT2D eigenvalue weighted by Gasteiger charge is -2.40. The van der Waals surface area contributed by atoms with Crippen LogP contribution in [-0.2, 0) is 9.22 Å². The first-order chi connectivity index (χ1) is 8.46. The number of alkyl halides is 1. The minimum absolute atomic E-state index is 0.106. The number of piperidine rings is 1. The molecule has 0 aromatic carbocycles. The second kappa shape index (κ2) is 4.55. The molecule has 0 radical (unpaired) electrons. The Morgan fingerprint density at radius 2 is 2.00 bits per heavy atom. The Morgan fingerprint density at radius 3 is 2.53 bits per heavy atom. The largest absolute Gasteiger partial charge is 0.412 e. The van der Waals surface area contributed by atoms with E-state index in [0.29, 0.717) is 12.8 Å². The first kappa shape index (κ1) is 15.5. The smallest absolute Gasteiger partial charge is 0.192 e. The molecule has 0 aromatic heterocycles. The Bertz CT molecular complexity index is 393. The summed E-state index contributed by atoms with van der Waals surface area (Å²) in [7, 11) is 0.216. The van der Waals surface area contributed by atoms with E-state index < -0.39 is 13.3 Å². The normalized spacial score (nSPS) is 36.9. The zero-order chi connectivity index (χ0) is 14.6. The van der Waals surface area contributed by atoms with Crippen molar-refractivity contribution >= 4 is 25.7 Å². The number of rotatable bonds is 2. The Labute approximate surface area is 122 Å². The summed E-state index contributed by atoms with van der Waals surface area (Å²) in [5.74, 6) is 0.277. The van der Waals surface area contributed by atoms with Crippen molar-refractivity contribution in [1.82, 2.24) is 4.90 Å². The molecule has 2 aliphatic heterocycles. The highest BCUT2D eigenvalue weighted by Crippen LogP contribution is 2.48. The third-order valence-electron chi connectivity index (χ3n) is 5.23. The standard InChI is InChI=1S/C14H26ClNO2Si/c1-13(2,3)19(5,6)18-12-9-14(15)8-10(17)7-11(12)16(14)4/h11-12H,7-9H2,1-6H3/t11-,12+,14+/m0/s1. The molecule has 0 unspecified atom stereocenters. The Morgan fingerprint density at radius 1 is 1.42 bits per heavy atom. The number of hydrogen-bond donors (Lipinski definition) is 0. The van der Waals surface area contributed by atoms with E-state index in [2.05, 4.69) is 38.8 Å². The third kappa shape index (κ3) is 2.65. The van der Waals surface area contributed by atoms with E-state index in [0.717, 1.165) is 6.42 Å². The fraction of sp³-hybridized carbons (Fsp3) is 0.929. The molecule has 3 nitrogen and oxygen atoms in total. The second-order valence-corrected chi connectivity index (χ2v) is 13.1. The molecule has 19 heavy (non-hydrogen) atoms. The highest BCUT2D eigenvalue weighted by Gasteiger charge is 2.56. The molecule has 0 aromatic rings. The fourth-order valence-corrected chi connectivity index (χ4v) is 4.66. The lowest BCUT2D eigenvalue weighted by atomic mass is 10.0. The van der Waals surface area contributed by atoms with Crippen molar-refractivity contribution in [1.29, 1.82) is 0 Å². The molecule has 2 saturated heterocycles. The van der Waals surface area contributed by atoms with Gasteiger partial charge in [-0.25, -0.2) is 0 Å². The third-order valence-corrected chi connectivity index (χ3v) is 10.3. The minimum atomic E-state index is -1.81. The van der Waals surface area contributed by atoms with E-state index in [1.807, 2.05) is 7.05 Å². The van der Waals surface area contributed by atoms with Crippen LogP contribution in [0.15, 0.2) is 0 Å². The van der Waals surface area contributed by atoms with Crippen LogP contribution in [0, 0.1) is 0 Å². The molecule has 0 saturated carbocycles. The number of fused-ring (bicyclic) bond motifs is 2. The summed E-state index contributed by atoms with van der Waals surface area (Å²) < 4.78 is 6.52. The monoisotopic (exact) mass is 303 g/mol. The van der Waals surface area contributed by atoms with Crippen LogP contribution in [0.25, 0.3) is 0 Å². The van der Waals surface area contributed by atoms with E-state index in [-0.39, 0.29) is 23.0 Å². The van der Waals surface area contributed by atoms with Crippen LogP contribution in [0.2, 0.25) is 18.1 Å². The predicted molar refractivity (Wildman–Crippen MR) is 81.1 cm³/mol. The van der Waals surface area contributed by atoms with Gasteiger partial charge in [0.25, 0.3) is 0 Å². The van der Waals surface area contributed by atoms with Crippen LogP contribution in [-0.4, -0.2) is 43.2 Å². The predicted octanol–water partition coefficient (Wildman–Crippen LogP) is 3.38. The fourth-order valence-electron chi connectivity index (χ4n) is 2.88. The molecular formula is C14H26ClNO2Si. The zero-order valence-electron chi connectivity index (χ0n) is 12.9. The summed E-state index contributed by atoms with van der Waals surface area (Å²) in [6, 6.07) is 0.160. The number of Topliss-reactive ketones (excluding diaryl/α,β-unsaturated/α-hetero) is 1. The molecule has 0 aliphatic carbocycles. The maximum Gasteiger partial charge on any atom is 0.192 e. The van der Waals surface area contributed by atoms with Gasteiger partial charge in [0.05, 0.1) is 6.10 Å². The van der Waals surface area contributed by atoms with E-state index in [9.17, 15) is 4.79 Å². The molecule has 110 valence electrons. The van der Waals surface area contributed by atoms with Crippen molar-refractivity contribution in [3.8, 4) is 0 Å². The van der Waals surface area contributed by atoms with Gasteiger partial charge in [0, 0.05) is 25.3 Å². The first-order valence-electron chi connectivity index (χ1n) is 7.08. The van der Waals surface area contributed by atoms with Crippen molar-refractivity contribution in [2.24, 2.45) is 0 Å². The molecule has 3 atom stereocenters. The van der Waals surface area contributed by atoms with E-state index in [1.165, 1.54) is 0 Å². The van der Waals surface area contributed by atoms with Crippen molar-refractivity contribution < 1.29 is 9.22 Å². The molecule has 2 heterocycles. The van der Waals surface area contributed by atoms with Crippen LogP contribution in [0.3, 0.4) is 0 Å². The van der Waals surface area contributed by atoms with Crippen LogP contribution in [0.4, 0.5) is 0 Å². The number of nitrogens with zero attached hydrogens (tertiary/aromatic N) is 1. The molecule has 2 fully saturated rings. The molecule has 2 bridgehead atoms. The summed E-state index contributed by atoms with van der Waals surface area (Å²) >= 11 is 6.62. The maximum atomic E-state index is 11.8. The van der Waals surface area contributed by atoms with Gasteiger partial charge in [0.2, 0.25) is 0 Å². The second-order valence-electron chi connectivity index (χ2n) is 7.64. The lowest BCUT2D eigenvalue weighted by molar-refractivity contribution is -0.124. The van der Waals surface area contributed by atoms with Gasteiger partial charge in [-0.3, -0.25) is 9.69 Å². The topological polar surface area (TPSA) is 29.5 Å². The molecule has 0 N–H and O–H groups in total. The van der Waals surface area contributed by atoms with Gasteiger partial charge < -0.3 is 4.43 Å². The number of carbonyl (C=O) groups excluding carboxylic acids is 1. The van der Waals surface area contributed by atoms with Gasteiger partial charge >= 0.3 is 0 Å². The average molecular weight is 304 g/mol. The molecule has 0 amide bonds. The van der Waals surface area contributed by atoms with Crippen LogP contribution in [0.5, 0.6) is 0 Å². The average Bonchev–Trinajstić information content (AvgIpc) is 2.36. The highest BCUT2D eigenvalue weighted by molar-refractivity contribution is 6.74. The Balaban J connectivity index is 2.18. The summed E-state index contributed by atoms with van der Waals surface area (Å²) in [6.45, 7) is 11.2. The summed E-state index contributed by atoms with van der Waals surface area (Å²) in [6.07, 6.45) is 1.92. The summed E-state index contributed by atoms with van der Waals surface area (Å²) in [4.78, 5) is 13.5. The van der Waals surface area contributed by atoms with Crippen molar-refractivity contribution in [3.63, 3.8) is 0 Å². The molecule has 5 heteroatoms. The number of likely N-dealkylation sites (N-methyl/N-ethyl adjacent to an activating group) is 1.